The van der Waals surface area contributed by atoms with Crippen molar-refractivity contribution in [3.05, 3.63) is 24.3 Å². The van der Waals surface area contributed by atoms with Gasteiger partial charge in [-0.05, 0) is 25.7 Å². The molecule has 3 nitrogen and oxygen atoms in total. The van der Waals surface area contributed by atoms with Crippen LogP contribution in [-0.2, 0) is 4.79 Å². The van der Waals surface area contributed by atoms with E-state index in [2.05, 4.69) is 13.0 Å². The standard InChI is InChI=1S/C18H32O3/c1-2-3-4-11-14-17(19)15-12-9-7-5-6-8-10-13-16-18(20)21/h7,9,12,15,17,19H,2-6,8,10-11,13-14,16H2,1H3,(H,20,21)/b9-7-,15-12-/t17-/m1/s1. The molecule has 0 aromatic heterocycles. The van der Waals surface area contributed by atoms with E-state index >= 15 is 0 Å². The number of unbranched alkanes of at least 4 members (excludes halogenated alkanes) is 7. The van der Waals surface area contributed by atoms with Gasteiger partial charge in [0.1, 0.15) is 0 Å². The van der Waals surface area contributed by atoms with Gasteiger partial charge in [-0.2, -0.15) is 0 Å². The number of allylic oxidation sites excluding steroid dienone is 3. The zero-order chi connectivity index (χ0) is 15.8. The highest BCUT2D eigenvalue weighted by Crippen LogP contribution is 2.07. The van der Waals surface area contributed by atoms with Crippen molar-refractivity contribution in [3.8, 4) is 0 Å². The second-order valence-electron chi connectivity index (χ2n) is 5.58. The quantitative estimate of drug-likeness (QED) is 0.355. The molecule has 2 N–H and O–H groups in total. The van der Waals surface area contributed by atoms with Gasteiger partial charge >= 0.3 is 5.97 Å². The Morgan fingerprint density at radius 3 is 2.43 bits per heavy atom. The molecule has 0 saturated heterocycles. The van der Waals surface area contributed by atoms with Crippen molar-refractivity contribution >= 4 is 5.97 Å². The Labute approximate surface area is 129 Å². The van der Waals surface area contributed by atoms with Crippen LogP contribution in [0.1, 0.15) is 77.6 Å². The number of aliphatic hydroxyl groups is 1. The van der Waals surface area contributed by atoms with Crippen LogP contribution in [0.3, 0.4) is 0 Å². The Morgan fingerprint density at radius 2 is 1.71 bits per heavy atom. The maximum atomic E-state index is 10.3. The largest absolute Gasteiger partial charge is 0.481 e. The first-order valence-corrected chi connectivity index (χ1v) is 8.40. The van der Waals surface area contributed by atoms with Gasteiger partial charge in [-0.15, -0.1) is 0 Å². The molecule has 0 aliphatic heterocycles. The van der Waals surface area contributed by atoms with E-state index < -0.39 is 5.97 Å². The van der Waals surface area contributed by atoms with Crippen molar-refractivity contribution in [3.63, 3.8) is 0 Å². The van der Waals surface area contributed by atoms with Gasteiger partial charge in [0.15, 0.2) is 0 Å². The summed E-state index contributed by atoms with van der Waals surface area (Å²) in [6.45, 7) is 2.19. The van der Waals surface area contributed by atoms with Crippen LogP contribution in [-0.4, -0.2) is 22.3 Å². The summed E-state index contributed by atoms with van der Waals surface area (Å²) < 4.78 is 0. The number of aliphatic hydroxyl groups excluding tert-OH is 1. The van der Waals surface area contributed by atoms with E-state index in [1.54, 1.807) is 0 Å². The lowest BCUT2D eigenvalue weighted by Crippen LogP contribution is -2.00. The minimum atomic E-state index is -0.701. The Bertz CT molecular complexity index is 295. The fourth-order valence-corrected chi connectivity index (χ4v) is 2.14. The molecule has 0 aliphatic carbocycles. The van der Waals surface area contributed by atoms with Gasteiger partial charge in [0.05, 0.1) is 6.10 Å². The normalized spacial score (nSPS) is 13.2. The van der Waals surface area contributed by atoms with Gasteiger partial charge < -0.3 is 10.2 Å². The molecule has 1 atom stereocenters. The molecular formula is C18H32O3. The van der Waals surface area contributed by atoms with Crippen molar-refractivity contribution in [2.45, 2.75) is 83.7 Å². The highest BCUT2D eigenvalue weighted by Gasteiger charge is 1.97. The van der Waals surface area contributed by atoms with E-state index in [1.807, 2.05) is 18.2 Å². The van der Waals surface area contributed by atoms with E-state index in [0.29, 0.717) is 0 Å². The molecule has 122 valence electrons. The molecule has 0 radical (unpaired) electrons. The zero-order valence-electron chi connectivity index (χ0n) is 13.5. The molecule has 0 fully saturated rings. The molecule has 0 amide bonds. The molecule has 21 heavy (non-hydrogen) atoms. The number of aliphatic carboxylic acids is 1. The number of hydrogen-bond donors (Lipinski definition) is 2. The zero-order valence-corrected chi connectivity index (χ0v) is 13.5. The summed E-state index contributed by atoms with van der Waals surface area (Å²) in [5.74, 6) is -0.701. The molecule has 0 bridgehead atoms. The Balaban J connectivity index is 3.40. The van der Waals surface area contributed by atoms with Crippen LogP contribution < -0.4 is 0 Å². The lowest BCUT2D eigenvalue weighted by Gasteiger charge is -2.03. The lowest BCUT2D eigenvalue weighted by atomic mass is 10.1. The minimum Gasteiger partial charge on any atom is -0.481 e. The third kappa shape index (κ3) is 16.9. The van der Waals surface area contributed by atoms with E-state index in [9.17, 15) is 9.90 Å². The number of hydrogen-bond acceptors (Lipinski definition) is 2. The topological polar surface area (TPSA) is 57.5 Å². The maximum absolute atomic E-state index is 10.3. The van der Waals surface area contributed by atoms with Gasteiger partial charge in [0.2, 0.25) is 0 Å². The number of carboxylic acids is 1. The van der Waals surface area contributed by atoms with Gasteiger partial charge in [-0.3, -0.25) is 4.79 Å². The van der Waals surface area contributed by atoms with Crippen LogP contribution >= 0.6 is 0 Å². The van der Waals surface area contributed by atoms with Gasteiger partial charge in [-0.25, -0.2) is 0 Å². The predicted molar refractivity (Wildman–Crippen MR) is 88.4 cm³/mol. The summed E-state index contributed by atoms with van der Waals surface area (Å²) in [7, 11) is 0. The number of carbonyl (C=O) groups is 1. The number of rotatable bonds is 14. The van der Waals surface area contributed by atoms with Crippen molar-refractivity contribution in [2.24, 2.45) is 0 Å². The molecule has 0 saturated carbocycles. The summed E-state index contributed by atoms with van der Waals surface area (Å²) in [5.41, 5.74) is 0. The summed E-state index contributed by atoms with van der Waals surface area (Å²) in [6, 6.07) is 0. The Morgan fingerprint density at radius 1 is 1.00 bits per heavy atom. The fraction of sp³-hybridized carbons (Fsp3) is 0.722. The average molecular weight is 296 g/mol. The monoisotopic (exact) mass is 296 g/mol. The van der Waals surface area contributed by atoms with Gasteiger partial charge in [0.25, 0.3) is 0 Å². The third-order valence-electron chi connectivity index (χ3n) is 3.45. The fourth-order valence-electron chi connectivity index (χ4n) is 2.14. The second-order valence-corrected chi connectivity index (χ2v) is 5.58. The van der Waals surface area contributed by atoms with E-state index in [4.69, 9.17) is 5.11 Å². The molecule has 0 aromatic carbocycles. The van der Waals surface area contributed by atoms with E-state index in [0.717, 1.165) is 44.9 Å². The molecule has 0 aromatic rings. The summed E-state index contributed by atoms with van der Waals surface area (Å²) in [6.07, 6.45) is 18.5. The second kappa shape index (κ2) is 15.3. The summed E-state index contributed by atoms with van der Waals surface area (Å²) in [5, 5.41) is 18.2. The highest BCUT2D eigenvalue weighted by molar-refractivity contribution is 5.66. The Hall–Kier alpha value is -1.09. The Kier molecular flexibility index (Phi) is 14.5. The molecule has 0 heterocycles. The maximum Gasteiger partial charge on any atom is 0.303 e. The van der Waals surface area contributed by atoms with E-state index in [1.165, 1.54) is 19.3 Å². The van der Waals surface area contributed by atoms with Crippen LogP contribution in [0.4, 0.5) is 0 Å². The van der Waals surface area contributed by atoms with Gasteiger partial charge in [0, 0.05) is 6.42 Å². The highest BCUT2D eigenvalue weighted by atomic mass is 16.4. The molecule has 3 heteroatoms. The van der Waals surface area contributed by atoms with Crippen molar-refractivity contribution in [2.75, 3.05) is 0 Å². The number of carboxylic acid groups (broad SMARTS) is 1. The first-order chi connectivity index (χ1) is 10.2. The first kappa shape index (κ1) is 19.9. The van der Waals surface area contributed by atoms with Crippen LogP contribution in [0.15, 0.2) is 24.3 Å². The first-order valence-electron chi connectivity index (χ1n) is 8.40. The SMILES string of the molecule is CCCCCC[C@@H](O)/C=C\C=C/CCCCCCC(=O)O. The summed E-state index contributed by atoms with van der Waals surface area (Å²) >= 11 is 0. The van der Waals surface area contributed by atoms with Crippen LogP contribution in [0, 0.1) is 0 Å². The van der Waals surface area contributed by atoms with Crippen molar-refractivity contribution in [1.29, 1.82) is 0 Å². The summed E-state index contributed by atoms with van der Waals surface area (Å²) in [4.78, 5) is 10.3. The predicted octanol–water partition coefficient (Wildman–Crippen LogP) is 4.86. The average Bonchev–Trinajstić information content (AvgIpc) is 2.45. The van der Waals surface area contributed by atoms with Crippen LogP contribution in [0.2, 0.25) is 0 Å². The minimum absolute atomic E-state index is 0.286. The molecule has 0 spiro atoms. The molecular weight excluding hydrogens is 264 g/mol. The third-order valence-corrected chi connectivity index (χ3v) is 3.45. The smallest absolute Gasteiger partial charge is 0.303 e. The van der Waals surface area contributed by atoms with Gasteiger partial charge in [-0.1, -0.05) is 69.8 Å². The van der Waals surface area contributed by atoms with E-state index in [-0.39, 0.29) is 12.5 Å². The van der Waals surface area contributed by atoms with Crippen molar-refractivity contribution < 1.29 is 15.0 Å². The molecule has 0 aliphatic rings. The lowest BCUT2D eigenvalue weighted by molar-refractivity contribution is -0.137. The van der Waals surface area contributed by atoms with Crippen molar-refractivity contribution in [1.82, 2.24) is 0 Å². The molecule has 0 unspecified atom stereocenters. The van der Waals surface area contributed by atoms with Crippen LogP contribution in [0.5, 0.6) is 0 Å². The molecule has 0 rings (SSSR count). The van der Waals surface area contributed by atoms with Crippen LogP contribution in [0.25, 0.3) is 0 Å².